The quantitative estimate of drug-likeness (QED) is 0.525. The second-order valence-electron chi connectivity index (χ2n) is 5.63. The van der Waals surface area contributed by atoms with E-state index in [4.69, 9.17) is 9.47 Å². The van der Waals surface area contributed by atoms with Crippen LogP contribution in [0, 0.1) is 0 Å². The van der Waals surface area contributed by atoms with Gasteiger partial charge in [-0.1, -0.05) is 12.1 Å². The van der Waals surface area contributed by atoms with Crippen molar-refractivity contribution < 1.29 is 24.2 Å². The number of para-hydroxylation sites is 1. The lowest BCUT2D eigenvalue weighted by molar-refractivity contribution is 0.0526. The van der Waals surface area contributed by atoms with Crippen LogP contribution in [-0.4, -0.2) is 35.7 Å². The van der Waals surface area contributed by atoms with Gasteiger partial charge in [-0.05, 0) is 37.3 Å². The molecule has 2 aromatic carbocycles. The Bertz CT molecular complexity index is 999. The minimum Gasteiger partial charge on any atom is -0.508 e. The van der Waals surface area contributed by atoms with E-state index >= 15 is 0 Å². The van der Waals surface area contributed by atoms with Crippen molar-refractivity contribution in [1.82, 2.24) is 4.98 Å². The Hall–Kier alpha value is -3.61. The first-order chi connectivity index (χ1) is 13.0. The molecule has 0 spiro atoms. The molecule has 3 rings (SSSR count). The highest BCUT2D eigenvalue weighted by atomic mass is 16.5. The average Bonchev–Trinajstić information content (AvgIpc) is 2.69. The number of esters is 2. The van der Waals surface area contributed by atoms with Gasteiger partial charge in [-0.15, -0.1) is 0 Å². The first-order valence-electron chi connectivity index (χ1n) is 8.28. The number of ether oxygens (including phenoxy) is 2. The summed E-state index contributed by atoms with van der Waals surface area (Å²) in [6.45, 7) is 1.94. The van der Waals surface area contributed by atoms with E-state index in [1.54, 1.807) is 37.3 Å². The first-order valence-corrected chi connectivity index (χ1v) is 8.28. The molecule has 1 aromatic heterocycles. The maximum absolute atomic E-state index is 12.4. The van der Waals surface area contributed by atoms with Gasteiger partial charge in [0.25, 0.3) is 0 Å². The standard InChI is InChI=1S/C20H18N2O5/c1-3-27-20(25)16-11-21-17-14(5-4-6-15(17)19(24)26-2)18(16)22-12-7-9-13(23)10-8-12/h4-11,23H,3H2,1-2H3,(H,21,22). The van der Waals surface area contributed by atoms with Crippen LogP contribution in [0.5, 0.6) is 5.75 Å². The summed E-state index contributed by atoms with van der Waals surface area (Å²) in [5.41, 5.74) is 2.03. The molecule has 0 saturated heterocycles. The van der Waals surface area contributed by atoms with Crippen LogP contribution in [0.3, 0.4) is 0 Å². The molecule has 27 heavy (non-hydrogen) atoms. The average molecular weight is 366 g/mol. The van der Waals surface area contributed by atoms with E-state index < -0.39 is 11.9 Å². The van der Waals surface area contributed by atoms with E-state index in [1.165, 1.54) is 25.4 Å². The van der Waals surface area contributed by atoms with Crippen LogP contribution in [0.2, 0.25) is 0 Å². The molecule has 0 saturated carbocycles. The molecule has 0 bridgehead atoms. The molecule has 2 N–H and O–H groups in total. The lowest BCUT2D eigenvalue weighted by atomic mass is 10.0. The molecule has 7 nitrogen and oxygen atoms in total. The van der Waals surface area contributed by atoms with Gasteiger partial charge in [-0.3, -0.25) is 4.98 Å². The number of phenols is 1. The fourth-order valence-corrected chi connectivity index (χ4v) is 2.69. The molecule has 0 aliphatic heterocycles. The summed E-state index contributed by atoms with van der Waals surface area (Å²) in [6, 6.07) is 11.4. The molecular weight excluding hydrogens is 348 g/mol. The molecule has 3 aromatic rings. The Balaban J connectivity index is 2.21. The first kappa shape index (κ1) is 18.2. The van der Waals surface area contributed by atoms with Crippen LogP contribution in [0.25, 0.3) is 10.9 Å². The minimum absolute atomic E-state index is 0.124. The number of methoxy groups -OCH3 is 1. The Morgan fingerprint density at radius 1 is 1.07 bits per heavy atom. The zero-order valence-corrected chi connectivity index (χ0v) is 14.9. The van der Waals surface area contributed by atoms with Crippen molar-refractivity contribution in [3.63, 3.8) is 0 Å². The summed E-state index contributed by atoms with van der Waals surface area (Å²) < 4.78 is 9.94. The number of hydrogen-bond acceptors (Lipinski definition) is 7. The highest BCUT2D eigenvalue weighted by molar-refractivity contribution is 6.11. The van der Waals surface area contributed by atoms with Crippen LogP contribution >= 0.6 is 0 Å². The van der Waals surface area contributed by atoms with Crippen molar-refractivity contribution in [2.24, 2.45) is 0 Å². The number of hydrogen-bond donors (Lipinski definition) is 2. The van der Waals surface area contributed by atoms with Crippen LogP contribution in [-0.2, 0) is 9.47 Å². The monoisotopic (exact) mass is 366 g/mol. The Morgan fingerprint density at radius 2 is 1.81 bits per heavy atom. The summed E-state index contributed by atoms with van der Waals surface area (Å²) in [7, 11) is 1.30. The van der Waals surface area contributed by atoms with Gasteiger partial charge >= 0.3 is 11.9 Å². The van der Waals surface area contributed by atoms with Crippen molar-refractivity contribution in [2.45, 2.75) is 6.92 Å². The molecular formula is C20H18N2O5. The van der Waals surface area contributed by atoms with Gasteiger partial charge in [0.1, 0.15) is 11.3 Å². The van der Waals surface area contributed by atoms with Gasteiger partial charge in [0.2, 0.25) is 0 Å². The molecule has 0 amide bonds. The number of nitrogens with one attached hydrogen (secondary N) is 1. The molecule has 7 heteroatoms. The predicted molar refractivity (Wildman–Crippen MR) is 100 cm³/mol. The molecule has 0 atom stereocenters. The summed E-state index contributed by atoms with van der Waals surface area (Å²) >= 11 is 0. The maximum Gasteiger partial charge on any atom is 0.341 e. The highest BCUT2D eigenvalue weighted by Gasteiger charge is 2.20. The lowest BCUT2D eigenvalue weighted by Gasteiger charge is -2.15. The smallest absolute Gasteiger partial charge is 0.341 e. The third kappa shape index (κ3) is 3.67. The molecule has 0 aliphatic carbocycles. The summed E-state index contributed by atoms with van der Waals surface area (Å²) in [4.78, 5) is 28.7. The molecule has 0 unspecified atom stereocenters. The van der Waals surface area contributed by atoms with Crippen molar-refractivity contribution >= 4 is 34.2 Å². The predicted octanol–water partition coefficient (Wildman–Crippen LogP) is 3.65. The number of aromatic nitrogens is 1. The van der Waals surface area contributed by atoms with Gasteiger partial charge in [0.15, 0.2) is 0 Å². The molecule has 0 radical (unpaired) electrons. The van der Waals surface area contributed by atoms with Crippen molar-refractivity contribution in [2.75, 3.05) is 19.0 Å². The summed E-state index contributed by atoms with van der Waals surface area (Å²) in [6.07, 6.45) is 1.37. The van der Waals surface area contributed by atoms with E-state index in [2.05, 4.69) is 10.3 Å². The summed E-state index contributed by atoms with van der Waals surface area (Å²) in [5, 5.41) is 13.2. The van der Waals surface area contributed by atoms with E-state index in [-0.39, 0.29) is 17.9 Å². The van der Waals surface area contributed by atoms with Crippen LogP contribution in [0.15, 0.2) is 48.7 Å². The fraction of sp³-hybridized carbons (Fsp3) is 0.150. The normalized spacial score (nSPS) is 10.4. The Labute approximate surface area is 155 Å². The third-order valence-corrected chi connectivity index (χ3v) is 3.93. The van der Waals surface area contributed by atoms with Gasteiger partial charge in [-0.25, -0.2) is 9.59 Å². The molecule has 0 aliphatic rings. The second kappa shape index (κ2) is 7.74. The minimum atomic E-state index is -0.531. The number of aromatic hydroxyl groups is 1. The maximum atomic E-state index is 12.4. The highest BCUT2D eigenvalue weighted by Crippen LogP contribution is 2.32. The van der Waals surface area contributed by atoms with Crippen molar-refractivity contribution in [1.29, 1.82) is 0 Å². The van der Waals surface area contributed by atoms with Gasteiger partial charge in [0, 0.05) is 17.3 Å². The Kier molecular flexibility index (Phi) is 5.21. The van der Waals surface area contributed by atoms with E-state index in [1.807, 2.05) is 0 Å². The van der Waals surface area contributed by atoms with Crippen LogP contribution < -0.4 is 5.32 Å². The van der Waals surface area contributed by atoms with Crippen LogP contribution in [0.4, 0.5) is 11.4 Å². The third-order valence-electron chi connectivity index (χ3n) is 3.93. The topological polar surface area (TPSA) is 97.8 Å². The van der Waals surface area contributed by atoms with Crippen molar-refractivity contribution in [3.8, 4) is 5.75 Å². The number of anilines is 2. The Morgan fingerprint density at radius 3 is 2.48 bits per heavy atom. The fourth-order valence-electron chi connectivity index (χ4n) is 2.69. The molecule has 0 fully saturated rings. The van der Waals surface area contributed by atoms with E-state index in [0.717, 1.165) is 0 Å². The number of rotatable bonds is 5. The number of nitrogens with zero attached hydrogens (tertiary/aromatic N) is 1. The number of pyridine rings is 1. The van der Waals surface area contributed by atoms with Crippen molar-refractivity contribution in [3.05, 3.63) is 59.8 Å². The number of carbonyl (C=O) groups excluding carboxylic acids is 2. The summed E-state index contributed by atoms with van der Waals surface area (Å²) in [5.74, 6) is -0.928. The van der Waals surface area contributed by atoms with Gasteiger partial charge < -0.3 is 19.9 Å². The SMILES string of the molecule is CCOC(=O)c1cnc2c(C(=O)OC)cccc2c1Nc1ccc(O)cc1. The zero-order valence-electron chi connectivity index (χ0n) is 14.9. The molecule has 138 valence electrons. The number of phenolic OH excluding ortho intramolecular Hbond substituents is 1. The van der Waals surface area contributed by atoms with Gasteiger partial charge in [0.05, 0.1) is 30.5 Å². The van der Waals surface area contributed by atoms with Crippen LogP contribution in [0.1, 0.15) is 27.6 Å². The number of carbonyl (C=O) groups is 2. The lowest BCUT2D eigenvalue weighted by Crippen LogP contribution is -2.10. The molecule has 1 heterocycles. The largest absolute Gasteiger partial charge is 0.508 e. The zero-order chi connectivity index (χ0) is 19.4. The number of benzene rings is 2. The van der Waals surface area contributed by atoms with Gasteiger partial charge in [-0.2, -0.15) is 0 Å². The second-order valence-corrected chi connectivity index (χ2v) is 5.63. The number of fused-ring (bicyclic) bond motifs is 1. The van der Waals surface area contributed by atoms with E-state index in [0.29, 0.717) is 27.8 Å². The van der Waals surface area contributed by atoms with E-state index in [9.17, 15) is 14.7 Å².